The van der Waals surface area contributed by atoms with Gasteiger partial charge in [0.05, 0.1) is 23.8 Å². The molecule has 4 aromatic rings. The normalized spacial score (nSPS) is 11.2. The van der Waals surface area contributed by atoms with Crippen molar-refractivity contribution in [3.05, 3.63) is 69.6 Å². The number of amides is 1. The van der Waals surface area contributed by atoms with Crippen molar-refractivity contribution in [2.24, 2.45) is 0 Å². The Bertz CT molecular complexity index is 1210. The molecule has 3 aromatic heterocycles. The molecule has 0 radical (unpaired) electrons. The maximum absolute atomic E-state index is 12.6. The van der Waals surface area contributed by atoms with Crippen molar-refractivity contribution in [3.63, 3.8) is 0 Å². The van der Waals surface area contributed by atoms with Crippen molar-refractivity contribution in [1.82, 2.24) is 19.7 Å². The van der Waals surface area contributed by atoms with E-state index in [9.17, 15) is 9.59 Å². The summed E-state index contributed by atoms with van der Waals surface area (Å²) in [6, 6.07) is 10.4. The molecule has 1 amide bonds. The molecule has 0 aliphatic heterocycles. The molecule has 0 atom stereocenters. The van der Waals surface area contributed by atoms with E-state index in [4.69, 9.17) is 4.42 Å². The minimum Gasteiger partial charge on any atom is -0.454 e. The van der Waals surface area contributed by atoms with Crippen molar-refractivity contribution in [2.45, 2.75) is 26.3 Å². The fraction of sp³-hybridized carbons (Fsp3) is 0.211. The van der Waals surface area contributed by atoms with Crippen LogP contribution in [0.4, 0.5) is 5.13 Å². The number of para-hydroxylation sites is 1. The summed E-state index contributed by atoms with van der Waals surface area (Å²) in [6.45, 7) is 4.20. The molecule has 1 N–H and O–H groups in total. The summed E-state index contributed by atoms with van der Waals surface area (Å²) in [7, 11) is 0. The molecule has 142 valence electrons. The summed E-state index contributed by atoms with van der Waals surface area (Å²) in [6.07, 6.45) is 1.47. The van der Waals surface area contributed by atoms with Gasteiger partial charge in [0.2, 0.25) is 5.13 Å². The number of rotatable bonds is 5. The first-order valence-corrected chi connectivity index (χ1v) is 9.50. The average molecular weight is 395 g/mol. The number of carbonyl (C=O) groups is 1. The van der Waals surface area contributed by atoms with E-state index < -0.39 is 5.91 Å². The number of benzene rings is 1. The molecular weight excluding hydrogens is 378 g/mol. The lowest BCUT2D eigenvalue weighted by Crippen LogP contribution is -2.20. The van der Waals surface area contributed by atoms with Crippen LogP contribution in [-0.4, -0.2) is 25.7 Å². The second-order valence-corrected chi connectivity index (χ2v) is 7.52. The molecule has 3 heterocycles. The summed E-state index contributed by atoms with van der Waals surface area (Å²) in [5.41, 5.74) is 0.476. The quantitative estimate of drug-likeness (QED) is 0.556. The van der Waals surface area contributed by atoms with Gasteiger partial charge in [-0.3, -0.25) is 19.5 Å². The zero-order valence-electron chi connectivity index (χ0n) is 15.2. The second kappa shape index (κ2) is 7.35. The fourth-order valence-corrected chi connectivity index (χ4v) is 3.39. The van der Waals surface area contributed by atoms with Gasteiger partial charge < -0.3 is 4.42 Å². The lowest BCUT2D eigenvalue weighted by atomic mass is 10.2. The van der Waals surface area contributed by atoms with Crippen molar-refractivity contribution >= 4 is 33.3 Å². The zero-order chi connectivity index (χ0) is 19.7. The third kappa shape index (κ3) is 3.56. The number of nitrogens with one attached hydrogen (secondary N) is 1. The Morgan fingerprint density at radius 2 is 2.04 bits per heavy atom. The predicted molar refractivity (Wildman–Crippen MR) is 106 cm³/mol. The molecule has 0 saturated heterocycles. The van der Waals surface area contributed by atoms with Crippen LogP contribution in [0.1, 0.15) is 41.1 Å². The maximum Gasteiger partial charge on any atom is 0.293 e. The average Bonchev–Trinajstić information content (AvgIpc) is 3.34. The zero-order valence-corrected chi connectivity index (χ0v) is 16.1. The lowest BCUT2D eigenvalue weighted by molar-refractivity contribution is 0.0994. The molecule has 0 aliphatic rings. The van der Waals surface area contributed by atoms with Crippen LogP contribution in [-0.2, 0) is 6.54 Å². The summed E-state index contributed by atoms with van der Waals surface area (Å²) in [4.78, 5) is 29.2. The number of aromatic nitrogens is 4. The number of furan rings is 1. The minimum atomic E-state index is -0.415. The van der Waals surface area contributed by atoms with Gasteiger partial charge in [0.25, 0.3) is 11.5 Å². The van der Waals surface area contributed by atoms with Crippen molar-refractivity contribution in [2.75, 3.05) is 5.32 Å². The number of fused-ring (bicyclic) bond motifs is 1. The summed E-state index contributed by atoms with van der Waals surface area (Å²) >= 11 is 1.33. The van der Waals surface area contributed by atoms with E-state index in [2.05, 4.69) is 20.5 Å². The van der Waals surface area contributed by atoms with Crippen LogP contribution in [0.3, 0.4) is 0 Å². The Labute approximate surface area is 163 Å². The third-order valence-electron chi connectivity index (χ3n) is 4.10. The van der Waals surface area contributed by atoms with Gasteiger partial charge in [0, 0.05) is 5.92 Å². The summed E-state index contributed by atoms with van der Waals surface area (Å²) in [5.74, 6) is 0.441. The van der Waals surface area contributed by atoms with E-state index in [1.807, 2.05) is 19.9 Å². The molecule has 0 spiro atoms. The second-order valence-electron chi connectivity index (χ2n) is 6.52. The Hall–Kier alpha value is -3.33. The topological polar surface area (TPSA) is 103 Å². The van der Waals surface area contributed by atoms with Crippen molar-refractivity contribution in [3.8, 4) is 0 Å². The van der Waals surface area contributed by atoms with E-state index in [1.54, 1.807) is 30.3 Å². The first-order chi connectivity index (χ1) is 13.5. The third-order valence-corrected chi connectivity index (χ3v) is 5.24. The largest absolute Gasteiger partial charge is 0.454 e. The van der Waals surface area contributed by atoms with E-state index in [0.717, 1.165) is 5.01 Å². The predicted octanol–water partition coefficient (Wildman–Crippen LogP) is 3.27. The van der Waals surface area contributed by atoms with Gasteiger partial charge in [-0.1, -0.05) is 37.3 Å². The molecule has 9 heteroatoms. The van der Waals surface area contributed by atoms with Gasteiger partial charge in [0.15, 0.2) is 5.76 Å². The summed E-state index contributed by atoms with van der Waals surface area (Å²) < 4.78 is 7.05. The smallest absolute Gasteiger partial charge is 0.293 e. The number of hydrogen-bond donors (Lipinski definition) is 1. The molecule has 1 aromatic carbocycles. The molecule has 28 heavy (non-hydrogen) atoms. The highest BCUT2D eigenvalue weighted by Gasteiger charge is 2.15. The first-order valence-electron chi connectivity index (χ1n) is 8.69. The van der Waals surface area contributed by atoms with E-state index in [1.165, 1.54) is 22.2 Å². The lowest BCUT2D eigenvalue weighted by Gasteiger charge is -2.04. The maximum atomic E-state index is 12.6. The van der Waals surface area contributed by atoms with Crippen LogP contribution in [0, 0.1) is 0 Å². The van der Waals surface area contributed by atoms with Gasteiger partial charge >= 0.3 is 0 Å². The standard InChI is InChI=1S/C19H17N5O3S/c1-11(2)17-22-23-19(28-17)21-16(25)15-8-7-12(27-15)9-24-10-20-14-6-4-3-5-13(14)18(24)26/h3-8,10-11H,9H2,1-2H3,(H,21,23,25). The van der Waals surface area contributed by atoms with Crippen molar-refractivity contribution < 1.29 is 9.21 Å². The monoisotopic (exact) mass is 395 g/mol. The Balaban J connectivity index is 1.50. The highest BCUT2D eigenvalue weighted by atomic mass is 32.1. The van der Waals surface area contributed by atoms with Crippen LogP contribution in [0.15, 0.2) is 51.9 Å². The summed E-state index contributed by atoms with van der Waals surface area (Å²) in [5, 5.41) is 12.5. The Kier molecular flexibility index (Phi) is 4.74. The number of anilines is 1. The molecule has 8 nitrogen and oxygen atoms in total. The molecule has 0 fully saturated rings. The van der Waals surface area contributed by atoms with Crippen LogP contribution in [0.25, 0.3) is 10.9 Å². The van der Waals surface area contributed by atoms with Gasteiger partial charge in [-0.2, -0.15) is 0 Å². The molecule has 0 bridgehead atoms. The van der Waals surface area contributed by atoms with Crippen molar-refractivity contribution in [1.29, 1.82) is 0 Å². The van der Waals surface area contributed by atoms with Crippen LogP contribution in [0.2, 0.25) is 0 Å². The van der Waals surface area contributed by atoms with Crippen LogP contribution < -0.4 is 10.9 Å². The Morgan fingerprint density at radius 1 is 1.21 bits per heavy atom. The highest BCUT2D eigenvalue weighted by Crippen LogP contribution is 2.23. The molecule has 4 rings (SSSR count). The van der Waals surface area contributed by atoms with E-state index >= 15 is 0 Å². The first kappa shape index (κ1) is 18.1. The van der Waals surface area contributed by atoms with E-state index in [-0.39, 0.29) is 23.8 Å². The van der Waals surface area contributed by atoms with Gasteiger partial charge in [-0.15, -0.1) is 10.2 Å². The van der Waals surface area contributed by atoms with Gasteiger partial charge in [-0.05, 0) is 24.3 Å². The minimum absolute atomic E-state index is 0.137. The number of hydrogen-bond acceptors (Lipinski definition) is 7. The molecule has 0 saturated carbocycles. The van der Waals surface area contributed by atoms with Crippen LogP contribution in [0.5, 0.6) is 0 Å². The SMILES string of the molecule is CC(C)c1nnc(NC(=O)c2ccc(Cn3cnc4ccccc4c3=O)o2)s1. The number of nitrogens with zero attached hydrogens (tertiary/aromatic N) is 4. The van der Waals surface area contributed by atoms with E-state index in [0.29, 0.717) is 21.8 Å². The van der Waals surface area contributed by atoms with Crippen LogP contribution >= 0.6 is 11.3 Å². The fourth-order valence-electron chi connectivity index (χ4n) is 2.65. The highest BCUT2D eigenvalue weighted by molar-refractivity contribution is 7.15. The number of carbonyl (C=O) groups excluding carboxylic acids is 1. The Morgan fingerprint density at radius 3 is 2.82 bits per heavy atom. The van der Waals surface area contributed by atoms with Gasteiger partial charge in [0.1, 0.15) is 10.8 Å². The molecule has 0 aliphatic carbocycles. The molecular formula is C19H17N5O3S. The van der Waals surface area contributed by atoms with Gasteiger partial charge in [-0.25, -0.2) is 4.98 Å². The molecule has 0 unspecified atom stereocenters.